The van der Waals surface area contributed by atoms with Gasteiger partial charge in [-0.15, -0.1) is 0 Å². The highest BCUT2D eigenvalue weighted by Crippen LogP contribution is 2.29. The number of hydrogen-bond donors (Lipinski definition) is 0. The molecule has 1 aliphatic rings. The first-order chi connectivity index (χ1) is 9.54. The Kier molecular flexibility index (Phi) is 4.16. The molecule has 2 heterocycles. The number of pyridine rings is 1. The molecule has 2 rings (SSSR count). The molecule has 1 fully saturated rings. The average Bonchev–Trinajstić information content (AvgIpc) is 2.87. The minimum absolute atomic E-state index is 0.0434. The molecule has 0 saturated carbocycles. The molecule has 1 atom stereocenters. The van der Waals surface area contributed by atoms with Gasteiger partial charge in [-0.2, -0.15) is 0 Å². The van der Waals surface area contributed by atoms with Crippen LogP contribution in [-0.2, 0) is 9.53 Å². The highest BCUT2D eigenvalue weighted by molar-refractivity contribution is 5.80. The van der Waals surface area contributed by atoms with Crippen LogP contribution in [0.4, 0.5) is 11.5 Å². The summed E-state index contributed by atoms with van der Waals surface area (Å²) in [6, 6.07) is 1.13. The Bertz CT molecular complexity index is 532. The highest BCUT2D eigenvalue weighted by atomic mass is 16.6. The molecule has 0 N–H and O–H groups in total. The first kappa shape index (κ1) is 14.2. The molecule has 7 heteroatoms. The van der Waals surface area contributed by atoms with E-state index in [2.05, 4.69) is 4.98 Å². The summed E-state index contributed by atoms with van der Waals surface area (Å²) < 4.78 is 5.06. The number of carbonyl (C=O) groups is 1. The number of anilines is 1. The zero-order chi connectivity index (χ0) is 14.7. The Morgan fingerprint density at radius 1 is 1.65 bits per heavy atom. The summed E-state index contributed by atoms with van der Waals surface area (Å²) in [5, 5.41) is 10.7. The van der Waals surface area contributed by atoms with Gasteiger partial charge in [-0.1, -0.05) is 0 Å². The van der Waals surface area contributed by atoms with Crippen molar-refractivity contribution in [1.82, 2.24) is 4.98 Å². The van der Waals surface area contributed by atoms with E-state index in [-0.39, 0.29) is 17.7 Å². The fraction of sp³-hybridized carbons (Fsp3) is 0.538. The molecular weight excluding hydrogens is 262 g/mol. The Labute approximate surface area is 116 Å². The minimum atomic E-state index is -0.476. The first-order valence-corrected chi connectivity index (χ1v) is 6.59. The summed E-state index contributed by atoms with van der Waals surface area (Å²) in [5.41, 5.74) is 0.647. The monoisotopic (exact) mass is 279 g/mol. The van der Waals surface area contributed by atoms with Gasteiger partial charge in [0.25, 0.3) is 5.69 Å². The predicted octanol–water partition coefficient (Wildman–Crippen LogP) is 1.83. The van der Waals surface area contributed by atoms with Crippen LogP contribution < -0.4 is 4.90 Å². The zero-order valence-electron chi connectivity index (χ0n) is 11.5. The molecule has 1 unspecified atom stereocenters. The van der Waals surface area contributed by atoms with E-state index in [0.29, 0.717) is 24.5 Å². The maximum Gasteiger partial charge on any atom is 0.328 e. The maximum absolute atomic E-state index is 11.9. The summed E-state index contributed by atoms with van der Waals surface area (Å²) in [6.07, 6.45) is 2.82. The van der Waals surface area contributed by atoms with Crippen LogP contribution >= 0.6 is 0 Å². The molecule has 1 aromatic heterocycles. The van der Waals surface area contributed by atoms with Crippen LogP contribution in [0.5, 0.6) is 0 Å². The fourth-order valence-electron chi connectivity index (χ4n) is 2.46. The average molecular weight is 279 g/mol. The summed E-state index contributed by atoms with van der Waals surface area (Å²) in [6.45, 7) is 4.58. The first-order valence-electron chi connectivity index (χ1n) is 6.59. The van der Waals surface area contributed by atoms with Gasteiger partial charge in [0.1, 0.15) is 18.1 Å². The molecule has 108 valence electrons. The Hall–Kier alpha value is -2.18. The standard InChI is InChI=1S/C13H17N3O4/c1-3-20-13(17)11-5-4-6-15(11)12-9(2)7-10(8-14-12)16(18)19/h7-8,11H,3-6H2,1-2H3. The molecule has 1 saturated heterocycles. The lowest BCUT2D eigenvalue weighted by Crippen LogP contribution is -2.38. The predicted molar refractivity (Wildman–Crippen MR) is 72.6 cm³/mol. The number of carbonyl (C=O) groups excluding carboxylic acids is 1. The van der Waals surface area contributed by atoms with E-state index < -0.39 is 4.92 Å². The van der Waals surface area contributed by atoms with Gasteiger partial charge in [-0.3, -0.25) is 10.1 Å². The van der Waals surface area contributed by atoms with Gasteiger partial charge in [0.15, 0.2) is 0 Å². The fourth-order valence-corrected chi connectivity index (χ4v) is 2.46. The number of ether oxygens (including phenoxy) is 1. The molecule has 0 radical (unpaired) electrons. The second kappa shape index (κ2) is 5.85. The third-order valence-corrected chi connectivity index (χ3v) is 3.33. The van der Waals surface area contributed by atoms with Crippen LogP contribution in [0.2, 0.25) is 0 Å². The Balaban J connectivity index is 2.26. The van der Waals surface area contributed by atoms with Crippen molar-refractivity contribution in [2.45, 2.75) is 32.7 Å². The third kappa shape index (κ3) is 2.71. The molecule has 0 amide bonds. The van der Waals surface area contributed by atoms with Gasteiger partial charge in [-0.05, 0) is 32.3 Å². The van der Waals surface area contributed by atoms with Crippen molar-refractivity contribution >= 4 is 17.5 Å². The van der Waals surface area contributed by atoms with Crippen LogP contribution in [-0.4, -0.2) is 35.1 Å². The zero-order valence-corrected chi connectivity index (χ0v) is 11.5. The lowest BCUT2D eigenvalue weighted by atomic mass is 10.2. The number of nitrogens with zero attached hydrogens (tertiary/aromatic N) is 3. The highest BCUT2D eigenvalue weighted by Gasteiger charge is 2.33. The number of hydrogen-bond acceptors (Lipinski definition) is 6. The topological polar surface area (TPSA) is 85.6 Å². The van der Waals surface area contributed by atoms with Crippen molar-refractivity contribution in [2.24, 2.45) is 0 Å². The SMILES string of the molecule is CCOC(=O)C1CCCN1c1ncc([N+](=O)[O-])cc1C. The maximum atomic E-state index is 11.9. The third-order valence-electron chi connectivity index (χ3n) is 3.33. The van der Waals surface area contributed by atoms with Crippen molar-refractivity contribution in [3.8, 4) is 0 Å². The number of aryl methyl sites for hydroxylation is 1. The molecule has 0 aromatic carbocycles. The van der Waals surface area contributed by atoms with Crippen molar-refractivity contribution in [3.05, 3.63) is 27.9 Å². The van der Waals surface area contributed by atoms with Gasteiger partial charge < -0.3 is 9.64 Å². The van der Waals surface area contributed by atoms with Gasteiger partial charge in [0.05, 0.1) is 11.5 Å². The van der Waals surface area contributed by atoms with Gasteiger partial charge in [-0.25, -0.2) is 9.78 Å². The summed E-state index contributed by atoms with van der Waals surface area (Å²) in [5.74, 6) is 0.357. The van der Waals surface area contributed by atoms with Crippen LogP contribution in [0.1, 0.15) is 25.3 Å². The lowest BCUT2D eigenvalue weighted by Gasteiger charge is -2.25. The normalized spacial score (nSPS) is 18.1. The van der Waals surface area contributed by atoms with E-state index in [4.69, 9.17) is 4.74 Å². The molecule has 0 aliphatic carbocycles. The summed E-state index contributed by atoms with van der Waals surface area (Å²) in [7, 11) is 0. The summed E-state index contributed by atoms with van der Waals surface area (Å²) in [4.78, 5) is 28.2. The largest absolute Gasteiger partial charge is 0.464 e. The van der Waals surface area contributed by atoms with E-state index in [1.165, 1.54) is 12.3 Å². The summed E-state index contributed by atoms with van der Waals surface area (Å²) >= 11 is 0. The number of esters is 1. The van der Waals surface area contributed by atoms with E-state index in [9.17, 15) is 14.9 Å². The van der Waals surface area contributed by atoms with Crippen LogP contribution in [0.25, 0.3) is 0 Å². The quantitative estimate of drug-likeness (QED) is 0.475. The van der Waals surface area contributed by atoms with Gasteiger partial charge in [0, 0.05) is 12.6 Å². The second-order valence-corrected chi connectivity index (χ2v) is 4.69. The van der Waals surface area contributed by atoms with Crippen molar-refractivity contribution in [2.75, 3.05) is 18.1 Å². The molecule has 7 nitrogen and oxygen atoms in total. The van der Waals surface area contributed by atoms with Crippen molar-refractivity contribution in [3.63, 3.8) is 0 Å². The molecule has 0 spiro atoms. The van der Waals surface area contributed by atoms with Gasteiger partial charge >= 0.3 is 5.97 Å². The van der Waals surface area contributed by atoms with Crippen LogP contribution in [0.15, 0.2) is 12.3 Å². The minimum Gasteiger partial charge on any atom is -0.464 e. The van der Waals surface area contributed by atoms with E-state index in [1.54, 1.807) is 13.8 Å². The smallest absolute Gasteiger partial charge is 0.328 e. The van der Waals surface area contributed by atoms with E-state index in [0.717, 1.165) is 12.8 Å². The number of nitro groups is 1. The molecule has 0 bridgehead atoms. The molecular formula is C13H17N3O4. The molecule has 1 aromatic rings. The molecule has 20 heavy (non-hydrogen) atoms. The second-order valence-electron chi connectivity index (χ2n) is 4.69. The van der Waals surface area contributed by atoms with Crippen molar-refractivity contribution in [1.29, 1.82) is 0 Å². The number of aromatic nitrogens is 1. The van der Waals surface area contributed by atoms with Crippen molar-refractivity contribution < 1.29 is 14.5 Å². The Morgan fingerprint density at radius 2 is 2.40 bits per heavy atom. The Morgan fingerprint density at radius 3 is 3.00 bits per heavy atom. The number of rotatable bonds is 4. The lowest BCUT2D eigenvalue weighted by molar-refractivity contribution is -0.385. The van der Waals surface area contributed by atoms with Crippen LogP contribution in [0, 0.1) is 17.0 Å². The van der Waals surface area contributed by atoms with Gasteiger partial charge in [0.2, 0.25) is 0 Å². The molecule has 1 aliphatic heterocycles. The van der Waals surface area contributed by atoms with E-state index >= 15 is 0 Å². The van der Waals surface area contributed by atoms with Crippen LogP contribution in [0.3, 0.4) is 0 Å². The van der Waals surface area contributed by atoms with E-state index in [1.807, 2.05) is 4.90 Å².